The van der Waals surface area contributed by atoms with Crippen molar-refractivity contribution in [3.63, 3.8) is 0 Å². The Kier molecular flexibility index (Phi) is 6.12. The van der Waals surface area contributed by atoms with E-state index in [1.165, 1.54) is 10.9 Å². The second-order valence-corrected chi connectivity index (χ2v) is 6.91. The van der Waals surface area contributed by atoms with Gasteiger partial charge < -0.3 is 9.72 Å². The van der Waals surface area contributed by atoms with Crippen molar-refractivity contribution in [2.24, 2.45) is 0 Å². The molecule has 0 aliphatic rings. The predicted molar refractivity (Wildman–Crippen MR) is 105 cm³/mol. The molecule has 0 bridgehead atoms. The molecule has 1 heterocycles. The fourth-order valence-corrected chi connectivity index (χ4v) is 3.25. The van der Waals surface area contributed by atoms with Gasteiger partial charge >= 0.3 is 5.97 Å². The van der Waals surface area contributed by atoms with E-state index >= 15 is 0 Å². The van der Waals surface area contributed by atoms with Gasteiger partial charge in [0.15, 0.2) is 12.4 Å². The lowest BCUT2D eigenvalue weighted by Gasteiger charge is -2.05. The number of aryl methyl sites for hydroxylation is 1. The second kappa shape index (κ2) is 8.72. The quantitative estimate of drug-likeness (QED) is 0.358. The highest BCUT2D eigenvalue weighted by Crippen LogP contribution is 2.19. The first-order valence-electron chi connectivity index (χ1n) is 8.55. The van der Waals surface area contributed by atoms with Gasteiger partial charge in [-0.15, -0.1) is 11.8 Å². The van der Waals surface area contributed by atoms with Gasteiger partial charge in [0, 0.05) is 34.0 Å². The van der Waals surface area contributed by atoms with E-state index in [9.17, 15) is 9.59 Å². The molecule has 0 atom stereocenters. The van der Waals surface area contributed by atoms with Crippen molar-refractivity contribution in [3.05, 3.63) is 65.9 Å². The highest BCUT2D eigenvalue weighted by atomic mass is 32.2. The Balaban J connectivity index is 1.43. The molecule has 3 rings (SSSR count). The number of thioether (sulfide) groups is 1. The highest BCUT2D eigenvalue weighted by molar-refractivity contribution is 7.98. The van der Waals surface area contributed by atoms with Gasteiger partial charge in [0.2, 0.25) is 0 Å². The normalized spacial score (nSPS) is 10.8. The molecular formula is C21H21NO3S. The molecule has 0 amide bonds. The number of rotatable bonds is 8. The number of H-pyrrole nitrogens is 1. The molecule has 3 aromatic rings. The molecule has 2 aromatic carbocycles. The van der Waals surface area contributed by atoms with Crippen LogP contribution in [0.3, 0.4) is 0 Å². The minimum Gasteiger partial charge on any atom is -0.457 e. The van der Waals surface area contributed by atoms with Crippen molar-refractivity contribution in [3.8, 4) is 0 Å². The summed E-state index contributed by atoms with van der Waals surface area (Å²) in [5, 5.41) is 1.18. The monoisotopic (exact) mass is 367 g/mol. The van der Waals surface area contributed by atoms with Crippen LogP contribution in [0.2, 0.25) is 0 Å². The highest BCUT2D eigenvalue weighted by Gasteiger charge is 2.11. The van der Waals surface area contributed by atoms with Crippen LogP contribution in [0.5, 0.6) is 0 Å². The number of benzene rings is 2. The number of ketones is 1. The molecule has 0 unspecified atom stereocenters. The van der Waals surface area contributed by atoms with E-state index < -0.39 is 0 Å². The largest absolute Gasteiger partial charge is 0.457 e. The van der Waals surface area contributed by atoms with Crippen LogP contribution in [0.15, 0.2) is 59.6 Å². The number of aromatic nitrogens is 1. The van der Waals surface area contributed by atoms with Crippen molar-refractivity contribution < 1.29 is 14.3 Å². The number of carbonyl (C=O) groups excluding carboxylic acids is 2. The van der Waals surface area contributed by atoms with Crippen LogP contribution in [0.4, 0.5) is 0 Å². The third-order valence-electron chi connectivity index (χ3n) is 4.28. The Bertz CT molecular complexity index is 899. The minimum absolute atomic E-state index is 0.178. The molecule has 0 saturated heterocycles. The van der Waals surface area contributed by atoms with E-state index in [2.05, 4.69) is 11.1 Å². The molecule has 5 heteroatoms. The van der Waals surface area contributed by atoms with Gasteiger partial charge in [0.1, 0.15) is 0 Å². The fraction of sp³-hybridized carbons (Fsp3) is 0.238. The van der Waals surface area contributed by atoms with E-state index in [1.807, 2.05) is 42.8 Å². The lowest BCUT2D eigenvalue weighted by Crippen LogP contribution is -2.14. The summed E-state index contributed by atoms with van der Waals surface area (Å²) in [6, 6.07) is 15.4. The van der Waals surface area contributed by atoms with E-state index in [-0.39, 0.29) is 18.4 Å². The van der Waals surface area contributed by atoms with Crippen LogP contribution in [0, 0.1) is 0 Å². The van der Waals surface area contributed by atoms with Crippen LogP contribution >= 0.6 is 11.8 Å². The number of nitrogens with one attached hydrogen (secondary N) is 1. The zero-order valence-corrected chi connectivity index (χ0v) is 15.5. The standard InChI is InChI=1S/C21H21NO3S/c1-26-17-11-9-15(10-12-17)20(23)14-25-21(24)8-4-5-16-13-22-19-7-3-2-6-18(16)19/h2-3,6-7,9-13,22H,4-5,8,14H2,1H3. The number of hydrogen-bond acceptors (Lipinski definition) is 4. The van der Waals surface area contributed by atoms with Gasteiger partial charge in [0.25, 0.3) is 0 Å². The van der Waals surface area contributed by atoms with Crippen molar-refractivity contribution in [1.29, 1.82) is 0 Å². The fourth-order valence-electron chi connectivity index (χ4n) is 2.84. The summed E-state index contributed by atoms with van der Waals surface area (Å²) in [4.78, 5) is 28.3. The zero-order chi connectivity index (χ0) is 18.4. The summed E-state index contributed by atoms with van der Waals surface area (Å²) in [5.74, 6) is -0.512. The minimum atomic E-state index is -0.334. The van der Waals surface area contributed by atoms with Gasteiger partial charge in [-0.3, -0.25) is 9.59 Å². The average Bonchev–Trinajstić information content (AvgIpc) is 3.09. The molecule has 1 N–H and O–H groups in total. The van der Waals surface area contributed by atoms with Gasteiger partial charge in [-0.05, 0) is 42.9 Å². The van der Waals surface area contributed by atoms with Crippen molar-refractivity contribution in [2.45, 2.75) is 24.2 Å². The maximum absolute atomic E-state index is 12.1. The molecule has 0 aliphatic carbocycles. The van der Waals surface area contributed by atoms with Crippen molar-refractivity contribution in [2.75, 3.05) is 12.9 Å². The number of Topliss-reactive ketones (excluding diaryl/α,β-unsaturated/α-hetero) is 1. The van der Waals surface area contributed by atoms with Gasteiger partial charge in [0.05, 0.1) is 0 Å². The second-order valence-electron chi connectivity index (χ2n) is 6.03. The average molecular weight is 367 g/mol. The van der Waals surface area contributed by atoms with E-state index in [0.717, 1.165) is 16.8 Å². The first-order valence-corrected chi connectivity index (χ1v) is 9.77. The smallest absolute Gasteiger partial charge is 0.306 e. The maximum Gasteiger partial charge on any atom is 0.306 e. The van der Waals surface area contributed by atoms with E-state index in [1.54, 1.807) is 23.9 Å². The number of aromatic amines is 1. The maximum atomic E-state index is 12.1. The van der Waals surface area contributed by atoms with Gasteiger partial charge in [-0.1, -0.05) is 30.3 Å². The number of hydrogen-bond donors (Lipinski definition) is 1. The summed E-state index contributed by atoms with van der Waals surface area (Å²) in [6.07, 6.45) is 5.76. The predicted octanol–water partition coefficient (Wildman–Crippen LogP) is 4.64. The molecule has 0 radical (unpaired) electrons. The third-order valence-corrected chi connectivity index (χ3v) is 5.02. The van der Waals surface area contributed by atoms with Crippen LogP contribution in [-0.2, 0) is 16.0 Å². The summed E-state index contributed by atoms with van der Waals surface area (Å²) < 4.78 is 5.12. The Morgan fingerprint density at radius 3 is 2.62 bits per heavy atom. The number of para-hydroxylation sites is 1. The lowest BCUT2D eigenvalue weighted by atomic mass is 10.1. The SMILES string of the molecule is CSc1ccc(C(=O)COC(=O)CCCc2c[nH]c3ccccc23)cc1. The van der Waals surface area contributed by atoms with E-state index in [0.29, 0.717) is 18.4 Å². The van der Waals surface area contributed by atoms with Crippen LogP contribution in [-0.4, -0.2) is 29.6 Å². The summed E-state index contributed by atoms with van der Waals surface area (Å²) in [6.45, 7) is -0.204. The van der Waals surface area contributed by atoms with Crippen molar-refractivity contribution >= 4 is 34.4 Å². The number of fused-ring (bicyclic) bond motifs is 1. The van der Waals surface area contributed by atoms with Gasteiger partial charge in [-0.25, -0.2) is 0 Å². The molecule has 26 heavy (non-hydrogen) atoms. The molecule has 1 aromatic heterocycles. The Morgan fingerprint density at radius 1 is 1.08 bits per heavy atom. The summed E-state index contributed by atoms with van der Waals surface area (Å²) in [7, 11) is 0. The van der Waals surface area contributed by atoms with Crippen LogP contribution in [0.25, 0.3) is 10.9 Å². The topological polar surface area (TPSA) is 59.2 Å². The Hall–Kier alpha value is -2.53. The first kappa shape index (κ1) is 18.3. The van der Waals surface area contributed by atoms with Crippen molar-refractivity contribution in [1.82, 2.24) is 4.98 Å². The van der Waals surface area contributed by atoms with E-state index in [4.69, 9.17) is 4.74 Å². The first-order chi connectivity index (χ1) is 12.7. The van der Waals surface area contributed by atoms with Crippen LogP contribution < -0.4 is 0 Å². The Labute approximate surface area is 156 Å². The molecule has 0 aliphatic heterocycles. The van der Waals surface area contributed by atoms with Crippen LogP contribution in [0.1, 0.15) is 28.8 Å². The zero-order valence-electron chi connectivity index (χ0n) is 14.7. The Morgan fingerprint density at radius 2 is 1.85 bits per heavy atom. The lowest BCUT2D eigenvalue weighted by molar-refractivity contribution is -0.142. The molecule has 4 nitrogen and oxygen atoms in total. The number of esters is 1. The number of ether oxygens (including phenoxy) is 1. The molecule has 0 saturated carbocycles. The number of carbonyl (C=O) groups is 2. The summed E-state index contributed by atoms with van der Waals surface area (Å²) >= 11 is 1.62. The molecule has 134 valence electrons. The molecular weight excluding hydrogens is 346 g/mol. The van der Waals surface area contributed by atoms with Gasteiger partial charge in [-0.2, -0.15) is 0 Å². The molecule has 0 spiro atoms. The summed E-state index contributed by atoms with van der Waals surface area (Å²) in [5.41, 5.74) is 2.86. The molecule has 0 fully saturated rings. The third kappa shape index (κ3) is 4.55.